The van der Waals surface area contributed by atoms with Crippen LogP contribution in [0.25, 0.3) is 6.08 Å². The molecule has 0 fully saturated rings. The lowest BCUT2D eigenvalue weighted by Crippen LogP contribution is -2.31. The zero-order chi connectivity index (χ0) is 17.7. The topological polar surface area (TPSA) is 20.3 Å². The molecule has 0 aliphatic carbocycles. The van der Waals surface area contributed by atoms with E-state index in [9.17, 15) is 4.79 Å². The van der Waals surface area contributed by atoms with Gasteiger partial charge in [0.05, 0.1) is 8.80 Å². The maximum absolute atomic E-state index is 13.0. The minimum atomic E-state index is -1.12. The summed E-state index contributed by atoms with van der Waals surface area (Å²) in [4.78, 5) is 15.3. The van der Waals surface area contributed by atoms with E-state index in [4.69, 9.17) is 0 Å². The van der Waals surface area contributed by atoms with E-state index >= 15 is 0 Å². The van der Waals surface area contributed by atoms with Gasteiger partial charge in [0.2, 0.25) is 0 Å². The molecular formula is C21H27NOSi. The molecule has 126 valence electrons. The third-order valence-electron chi connectivity index (χ3n) is 4.44. The number of carbonyl (C=O) groups is 1. The Morgan fingerprint density at radius 2 is 1.71 bits per heavy atom. The van der Waals surface area contributed by atoms with Crippen molar-refractivity contribution < 1.29 is 4.79 Å². The molecule has 0 radical (unpaired) electrons. The molecule has 3 heteroatoms. The first-order chi connectivity index (χ1) is 11.5. The molecule has 0 saturated heterocycles. The van der Waals surface area contributed by atoms with Crippen LogP contribution in [0.4, 0.5) is 5.69 Å². The largest absolute Gasteiger partial charge is 0.372 e. The van der Waals surface area contributed by atoms with Gasteiger partial charge in [0, 0.05) is 29.9 Å². The van der Waals surface area contributed by atoms with Crippen LogP contribution in [0.3, 0.4) is 0 Å². The van der Waals surface area contributed by atoms with Crippen molar-refractivity contribution in [3.05, 3.63) is 65.7 Å². The van der Waals surface area contributed by atoms with Gasteiger partial charge in [0.1, 0.15) is 0 Å². The van der Waals surface area contributed by atoms with Crippen molar-refractivity contribution in [3.8, 4) is 0 Å². The molecule has 0 heterocycles. The summed E-state index contributed by atoms with van der Waals surface area (Å²) in [5.41, 5.74) is 3.85. The number of hydrogen-bond donors (Lipinski definition) is 0. The quantitative estimate of drug-likeness (QED) is 0.560. The van der Waals surface area contributed by atoms with Crippen molar-refractivity contribution in [1.29, 1.82) is 0 Å². The average Bonchev–Trinajstić information content (AvgIpc) is 2.62. The van der Waals surface area contributed by atoms with Gasteiger partial charge in [0.15, 0.2) is 5.78 Å². The Morgan fingerprint density at radius 3 is 2.21 bits per heavy atom. The fourth-order valence-corrected chi connectivity index (χ4v) is 4.30. The van der Waals surface area contributed by atoms with Crippen molar-refractivity contribution in [2.75, 3.05) is 18.0 Å². The summed E-state index contributed by atoms with van der Waals surface area (Å²) in [6, 6.07) is 14.0. The van der Waals surface area contributed by atoms with E-state index in [0.717, 1.165) is 29.8 Å². The highest BCUT2D eigenvalue weighted by atomic mass is 28.3. The van der Waals surface area contributed by atoms with Crippen LogP contribution < -0.4 is 10.1 Å². The summed E-state index contributed by atoms with van der Waals surface area (Å²) in [7, 11) is -1.12. The molecule has 0 N–H and O–H groups in total. The van der Waals surface area contributed by atoms with Gasteiger partial charge in [-0.15, -0.1) is 0 Å². The molecule has 2 nitrogen and oxygen atoms in total. The zero-order valence-corrected chi connectivity index (χ0v) is 16.3. The smallest absolute Gasteiger partial charge is 0.192 e. The monoisotopic (exact) mass is 337 g/mol. The maximum atomic E-state index is 13.0. The summed E-state index contributed by atoms with van der Waals surface area (Å²) >= 11 is 0. The highest BCUT2D eigenvalue weighted by molar-refractivity contribution is 6.72. The maximum Gasteiger partial charge on any atom is 0.192 e. The molecule has 0 bridgehead atoms. The van der Waals surface area contributed by atoms with E-state index in [0.29, 0.717) is 0 Å². The van der Waals surface area contributed by atoms with Crippen molar-refractivity contribution in [2.24, 2.45) is 0 Å². The molecular weight excluding hydrogens is 310 g/mol. The second kappa shape index (κ2) is 8.11. The molecule has 0 aromatic heterocycles. The van der Waals surface area contributed by atoms with Crippen LogP contribution >= 0.6 is 0 Å². The Morgan fingerprint density at radius 1 is 1.08 bits per heavy atom. The molecule has 0 unspecified atom stereocenters. The molecule has 0 amide bonds. The van der Waals surface area contributed by atoms with Gasteiger partial charge >= 0.3 is 0 Å². The zero-order valence-electron chi connectivity index (χ0n) is 15.2. The predicted octanol–water partition coefficient (Wildman–Crippen LogP) is 4.10. The van der Waals surface area contributed by atoms with E-state index in [-0.39, 0.29) is 5.78 Å². The Hall–Kier alpha value is -2.13. The molecule has 2 aromatic rings. The lowest BCUT2D eigenvalue weighted by atomic mass is 10.0. The third kappa shape index (κ3) is 3.85. The van der Waals surface area contributed by atoms with Gasteiger partial charge in [0.25, 0.3) is 0 Å². The molecule has 24 heavy (non-hydrogen) atoms. The summed E-state index contributed by atoms with van der Waals surface area (Å²) in [5, 5.41) is 1.25. The van der Waals surface area contributed by atoms with Crippen LogP contribution in [0, 0.1) is 0 Å². The van der Waals surface area contributed by atoms with E-state index in [1.807, 2.05) is 30.3 Å². The normalized spacial score (nSPS) is 10.7. The summed E-state index contributed by atoms with van der Waals surface area (Å²) in [6.07, 6.45) is 1.79. The summed E-state index contributed by atoms with van der Waals surface area (Å²) < 4.78 is 0. The fraction of sp³-hybridized carbons (Fsp3) is 0.286. The Kier molecular flexibility index (Phi) is 6.15. The minimum Gasteiger partial charge on any atom is -0.372 e. The molecule has 0 aliphatic rings. The van der Waals surface area contributed by atoms with Crippen LogP contribution in [0.5, 0.6) is 0 Å². The number of benzene rings is 2. The van der Waals surface area contributed by atoms with Crippen molar-refractivity contribution in [2.45, 2.75) is 26.9 Å². The highest BCUT2D eigenvalue weighted by Crippen LogP contribution is 2.17. The molecule has 0 aliphatic heterocycles. The second-order valence-electron chi connectivity index (χ2n) is 6.25. The summed E-state index contributed by atoms with van der Waals surface area (Å²) in [6.45, 7) is 14.6. The lowest BCUT2D eigenvalue weighted by Gasteiger charge is -2.23. The number of hydrogen-bond acceptors (Lipinski definition) is 2. The van der Waals surface area contributed by atoms with Gasteiger partial charge in [-0.05, 0) is 37.6 Å². The lowest BCUT2D eigenvalue weighted by molar-refractivity contribution is 0.104. The highest BCUT2D eigenvalue weighted by Gasteiger charge is 2.17. The van der Waals surface area contributed by atoms with Gasteiger partial charge in [-0.2, -0.15) is 0 Å². The van der Waals surface area contributed by atoms with Crippen LogP contribution in [-0.4, -0.2) is 27.7 Å². The second-order valence-corrected chi connectivity index (χ2v) is 9.19. The first-order valence-electron chi connectivity index (χ1n) is 8.67. The van der Waals surface area contributed by atoms with Crippen molar-refractivity contribution in [3.63, 3.8) is 0 Å². The van der Waals surface area contributed by atoms with Crippen molar-refractivity contribution in [1.82, 2.24) is 0 Å². The Labute approximate surface area is 147 Å². The van der Waals surface area contributed by atoms with E-state index in [1.54, 1.807) is 6.08 Å². The predicted molar refractivity (Wildman–Crippen MR) is 108 cm³/mol. The molecule has 2 aromatic carbocycles. The van der Waals surface area contributed by atoms with E-state index in [1.165, 1.54) is 10.9 Å². The van der Waals surface area contributed by atoms with Crippen LogP contribution in [0.1, 0.15) is 35.3 Å². The molecule has 0 atom stereocenters. The van der Waals surface area contributed by atoms with Gasteiger partial charge < -0.3 is 4.90 Å². The number of ketones is 1. The average molecular weight is 338 g/mol. The van der Waals surface area contributed by atoms with E-state index < -0.39 is 8.80 Å². The van der Waals surface area contributed by atoms with Gasteiger partial charge in [-0.25, -0.2) is 0 Å². The van der Waals surface area contributed by atoms with Gasteiger partial charge in [-0.3, -0.25) is 4.79 Å². The fourth-order valence-electron chi connectivity index (χ4n) is 2.95. The van der Waals surface area contributed by atoms with Crippen LogP contribution in [-0.2, 0) is 0 Å². The molecule has 0 spiro atoms. The standard InChI is InChI=1S/C21H27NOSi/c1-6-16-9-11-17(12-10-16)21(23)19-14-13-18(22(7-2)8-3)15-20(19)24(4)5/h6,9-15,24H,1,7-8H2,2-5H3. The van der Waals surface area contributed by atoms with Crippen LogP contribution in [0.2, 0.25) is 13.1 Å². The van der Waals surface area contributed by atoms with Gasteiger partial charge in [-0.1, -0.05) is 55.2 Å². The number of nitrogens with zero attached hydrogens (tertiary/aromatic N) is 1. The van der Waals surface area contributed by atoms with E-state index in [2.05, 4.69) is 50.6 Å². The summed E-state index contributed by atoms with van der Waals surface area (Å²) in [5.74, 6) is 0.118. The first-order valence-corrected chi connectivity index (χ1v) is 11.6. The Balaban J connectivity index is 2.44. The minimum absolute atomic E-state index is 0.118. The number of anilines is 1. The molecule has 2 rings (SSSR count). The third-order valence-corrected chi connectivity index (χ3v) is 6.16. The number of carbonyl (C=O) groups excluding carboxylic acids is 1. The molecule has 0 saturated carbocycles. The van der Waals surface area contributed by atoms with Crippen molar-refractivity contribution >= 4 is 31.5 Å². The SMILES string of the molecule is C=Cc1ccc(C(=O)c2ccc(N(CC)CC)cc2[SiH](C)C)cc1. The number of rotatable bonds is 7. The first kappa shape index (κ1) is 18.2. The Bertz CT molecular complexity index is 715. The van der Waals surface area contributed by atoms with Crippen LogP contribution in [0.15, 0.2) is 49.0 Å².